The summed E-state index contributed by atoms with van der Waals surface area (Å²) in [5.74, 6) is 2.61. The molecule has 3 rings (SSSR count). The van der Waals surface area contributed by atoms with Crippen molar-refractivity contribution in [2.45, 2.75) is 0 Å². The van der Waals surface area contributed by atoms with Gasteiger partial charge in [-0.25, -0.2) is 9.97 Å². The zero-order valence-corrected chi connectivity index (χ0v) is 10.7. The van der Waals surface area contributed by atoms with E-state index in [1.165, 1.54) is 0 Å². The van der Waals surface area contributed by atoms with Gasteiger partial charge in [0.05, 0.1) is 5.69 Å². The van der Waals surface area contributed by atoms with Crippen LogP contribution < -0.4 is 0 Å². The molecule has 1 aromatic carbocycles. The molecule has 2 aromatic heterocycles. The van der Waals surface area contributed by atoms with E-state index in [1.54, 1.807) is 18.7 Å². The van der Waals surface area contributed by atoms with Crippen LogP contribution in [0.2, 0.25) is 0 Å². The van der Waals surface area contributed by atoms with Gasteiger partial charge in [-0.3, -0.25) is 4.98 Å². The molecule has 0 amide bonds. The largest absolute Gasteiger partial charge is 0.265 e. The Hall–Kier alpha value is -2.99. The van der Waals surface area contributed by atoms with Crippen LogP contribution in [-0.4, -0.2) is 15.0 Å². The first-order valence-electron chi connectivity index (χ1n) is 6.16. The molecule has 0 aliphatic carbocycles. The maximum Gasteiger partial charge on any atom is 0.116 e. The third-order valence-electron chi connectivity index (χ3n) is 3.03. The van der Waals surface area contributed by atoms with Crippen LogP contribution in [-0.2, 0) is 0 Å². The highest BCUT2D eigenvalue weighted by Gasteiger charge is 2.08. The highest BCUT2D eigenvalue weighted by atomic mass is 14.8. The van der Waals surface area contributed by atoms with Crippen molar-refractivity contribution < 1.29 is 0 Å². The van der Waals surface area contributed by atoms with Gasteiger partial charge < -0.3 is 0 Å². The Bertz CT molecular complexity index is 756. The Labute approximate surface area is 117 Å². The van der Waals surface area contributed by atoms with E-state index in [0.717, 1.165) is 27.9 Å². The van der Waals surface area contributed by atoms with Crippen LogP contribution in [0.1, 0.15) is 5.56 Å². The van der Waals surface area contributed by atoms with Crippen LogP contribution in [0.15, 0.2) is 61.3 Å². The van der Waals surface area contributed by atoms with Crippen molar-refractivity contribution in [3.8, 4) is 34.7 Å². The van der Waals surface area contributed by atoms with Crippen molar-refractivity contribution in [2.24, 2.45) is 0 Å². The molecule has 3 heteroatoms. The standard InChI is InChI=1S/C17H11N3/c1-2-13-3-5-15(6-4-13)17-16(11-19-12-20-17)14-7-9-18-10-8-14/h1,3-12H. The van der Waals surface area contributed by atoms with Crippen LogP contribution >= 0.6 is 0 Å². The summed E-state index contributed by atoms with van der Waals surface area (Å²) in [6.07, 6.45) is 12.3. The molecule has 0 spiro atoms. The first-order chi connectivity index (χ1) is 9.88. The van der Waals surface area contributed by atoms with Gasteiger partial charge in [0.1, 0.15) is 6.33 Å². The maximum absolute atomic E-state index is 5.38. The minimum absolute atomic E-state index is 0.855. The smallest absolute Gasteiger partial charge is 0.116 e. The number of pyridine rings is 1. The van der Waals surface area contributed by atoms with E-state index in [2.05, 4.69) is 20.9 Å². The van der Waals surface area contributed by atoms with Gasteiger partial charge in [0.2, 0.25) is 0 Å². The zero-order chi connectivity index (χ0) is 13.8. The molecule has 0 N–H and O–H groups in total. The molecule has 0 unspecified atom stereocenters. The number of aromatic nitrogens is 3. The Kier molecular flexibility index (Phi) is 3.22. The number of terminal acetylenes is 1. The van der Waals surface area contributed by atoms with E-state index in [0.29, 0.717) is 0 Å². The van der Waals surface area contributed by atoms with Crippen LogP contribution in [0.4, 0.5) is 0 Å². The summed E-state index contributed by atoms with van der Waals surface area (Å²) in [7, 11) is 0. The lowest BCUT2D eigenvalue weighted by atomic mass is 10.0. The van der Waals surface area contributed by atoms with Gasteiger partial charge >= 0.3 is 0 Å². The van der Waals surface area contributed by atoms with Gasteiger partial charge in [-0.15, -0.1) is 6.42 Å². The third-order valence-corrected chi connectivity index (χ3v) is 3.03. The molecule has 0 radical (unpaired) electrons. The maximum atomic E-state index is 5.38. The fraction of sp³-hybridized carbons (Fsp3) is 0. The predicted molar refractivity (Wildman–Crippen MR) is 78.6 cm³/mol. The van der Waals surface area contributed by atoms with Crippen LogP contribution in [0.5, 0.6) is 0 Å². The van der Waals surface area contributed by atoms with Gasteiger partial charge in [-0.05, 0) is 29.8 Å². The average molecular weight is 257 g/mol. The highest BCUT2D eigenvalue weighted by Crippen LogP contribution is 2.28. The first-order valence-corrected chi connectivity index (χ1v) is 6.16. The number of nitrogens with zero attached hydrogens (tertiary/aromatic N) is 3. The zero-order valence-electron chi connectivity index (χ0n) is 10.7. The molecule has 20 heavy (non-hydrogen) atoms. The Balaban J connectivity index is 2.12. The van der Waals surface area contributed by atoms with Crippen LogP contribution in [0, 0.1) is 12.3 Å². The normalized spacial score (nSPS) is 9.95. The van der Waals surface area contributed by atoms with Gasteiger partial charge in [0.15, 0.2) is 0 Å². The molecule has 94 valence electrons. The average Bonchev–Trinajstić information content (AvgIpc) is 2.56. The van der Waals surface area contributed by atoms with Crippen LogP contribution in [0.3, 0.4) is 0 Å². The fourth-order valence-corrected chi connectivity index (χ4v) is 2.03. The predicted octanol–water partition coefficient (Wildman–Crippen LogP) is 3.19. The Morgan fingerprint density at radius 2 is 1.60 bits per heavy atom. The Morgan fingerprint density at radius 3 is 2.30 bits per heavy atom. The third kappa shape index (κ3) is 2.27. The van der Waals surface area contributed by atoms with Gasteiger partial charge in [-0.1, -0.05) is 18.1 Å². The second-order valence-electron chi connectivity index (χ2n) is 4.24. The van der Waals surface area contributed by atoms with Crippen molar-refractivity contribution in [1.82, 2.24) is 15.0 Å². The lowest BCUT2D eigenvalue weighted by Crippen LogP contribution is -1.91. The number of hydrogen-bond acceptors (Lipinski definition) is 3. The van der Waals surface area contributed by atoms with E-state index >= 15 is 0 Å². The van der Waals surface area contributed by atoms with E-state index in [9.17, 15) is 0 Å². The molecular weight excluding hydrogens is 246 g/mol. The molecule has 3 aromatic rings. The topological polar surface area (TPSA) is 38.7 Å². The van der Waals surface area contributed by atoms with Crippen molar-refractivity contribution in [2.75, 3.05) is 0 Å². The SMILES string of the molecule is C#Cc1ccc(-c2ncncc2-c2ccncc2)cc1. The monoisotopic (exact) mass is 257 g/mol. The second-order valence-corrected chi connectivity index (χ2v) is 4.24. The van der Waals surface area contributed by atoms with E-state index < -0.39 is 0 Å². The van der Waals surface area contributed by atoms with Gasteiger partial charge in [-0.2, -0.15) is 0 Å². The van der Waals surface area contributed by atoms with Crippen molar-refractivity contribution in [3.05, 3.63) is 66.9 Å². The van der Waals surface area contributed by atoms with Gasteiger partial charge in [0, 0.05) is 35.3 Å². The summed E-state index contributed by atoms with van der Waals surface area (Å²) in [6.45, 7) is 0. The van der Waals surface area contributed by atoms with Crippen LogP contribution in [0.25, 0.3) is 22.4 Å². The van der Waals surface area contributed by atoms with Crippen molar-refractivity contribution in [3.63, 3.8) is 0 Å². The minimum Gasteiger partial charge on any atom is -0.265 e. The minimum atomic E-state index is 0.855. The molecule has 0 atom stereocenters. The quantitative estimate of drug-likeness (QED) is 0.662. The van der Waals surface area contributed by atoms with Crippen molar-refractivity contribution >= 4 is 0 Å². The highest BCUT2D eigenvalue weighted by molar-refractivity contribution is 5.79. The fourth-order valence-electron chi connectivity index (χ4n) is 2.03. The number of rotatable bonds is 2. The Morgan fingerprint density at radius 1 is 0.850 bits per heavy atom. The van der Waals surface area contributed by atoms with Crippen molar-refractivity contribution in [1.29, 1.82) is 0 Å². The summed E-state index contributed by atoms with van der Waals surface area (Å²) in [4.78, 5) is 12.5. The molecule has 0 saturated carbocycles. The first kappa shape index (κ1) is 12.1. The molecule has 2 heterocycles. The van der Waals surface area contributed by atoms with Gasteiger partial charge in [0.25, 0.3) is 0 Å². The molecule has 3 nitrogen and oxygen atoms in total. The summed E-state index contributed by atoms with van der Waals surface area (Å²) >= 11 is 0. The summed E-state index contributed by atoms with van der Waals surface area (Å²) in [5, 5.41) is 0. The lowest BCUT2D eigenvalue weighted by Gasteiger charge is -2.08. The summed E-state index contributed by atoms with van der Waals surface area (Å²) < 4.78 is 0. The number of benzene rings is 1. The lowest BCUT2D eigenvalue weighted by molar-refractivity contribution is 1.17. The molecule has 0 aliphatic rings. The molecule has 0 bridgehead atoms. The van der Waals surface area contributed by atoms with E-state index in [-0.39, 0.29) is 0 Å². The summed E-state index contributed by atoms with van der Waals surface area (Å²) in [6, 6.07) is 11.7. The molecule has 0 aliphatic heterocycles. The molecule has 0 saturated heterocycles. The second kappa shape index (κ2) is 5.33. The molecule has 0 fully saturated rings. The summed E-state index contributed by atoms with van der Waals surface area (Å²) in [5.41, 5.74) is 4.77. The van der Waals surface area contributed by atoms with E-state index in [4.69, 9.17) is 6.42 Å². The van der Waals surface area contributed by atoms with E-state index in [1.807, 2.05) is 42.6 Å². The molecular formula is C17H11N3. The number of hydrogen-bond donors (Lipinski definition) is 0.